The maximum Gasteiger partial charge on any atom is 0.326 e. The number of hydrogen-bond donors (Lipinski definition) is 2. The molecule has 2 N–H and O–H groups in total. The molecule has 1 amide bonds. The summed E-state index contributed by atoms with van der Waals surface area (Å²) in [6.07, 6.45) is 0.676. The molecule has 2 heterocycles. The minimum atomic E-state index is -3.97. The van der Waals surface area contributed by atoms with Crippen LogP contribution in [0.2, 0.25) is 4.34 Å². The number of carbonyl (C=O) groups is 2. The van der Waals surface area contributed by atoms with Gasteiger partial charge < -0.3 is 10.4 Å². The smallest absolute Gasteiger partial charge is 0.326 e. The maximum absolute atomic E-state index is 13.1. The molecule has 0 saturated carbocycles. The Morgan fingerprint density at radius 2 is 2.03 bits per heavy atom. The van der Waals surface area contributed by atoms with Gasteiger partial charge in [-0.05, 0) is 52.5 Å². The van der Waals surface area contributed by atoms with Crippen molar-refractivity contribution < 1.29 is 27.5 Å². The van der Waals surface area contributed by atoms with Gasteiger partial charge in [0.2, 0.25) is 5.91 Å². The van der Waals surface area contributed by atoms with Gasteiger partial charge in [0.25, 0.3) is 10.0 Å². The van der Waals surface area contributed by atoms with Crippen LogP contribution in [0.15, 0.2) is 39.0 Å². The van der Waals surface area contributed by atoms with E-state index in [2.05, 4.69) is 21.2 Å². The molecular formula is C18H17BrClFN2O5S2. The Kier molecular flexibility index (Phi) is 7.18. The van der Waals surface area contributed by atoms with Gasteiger partial charge in [-0.3, -0.25) is 4.79 Å². The average Bonchev–Trinajstić information content (AvgIpc) is 3.31. The van der Waals surface area contributed by atoms with E-state index in [4.69, 9.17) is 11.6 Å². The van der Waals surface area contributed by atoms with Crippen LogP contribution >= 0.6 is 38.9 Å². The highest BCUT2D eigenvalue weighted by Crippen LogP contribution is 2.37. The number of nitrogens with zero attached hydrogens (tertiary/aromatic N) is 1. The zero-order valence-electron chi connectivity index (χ0n) is 15.3. The van der Waals surface area contributed by atoms with E-state index in [1.165, 1.54) is 30.3 Å². The summed E-state index contributed by atoms with van der Waals surface area (Å²) in [6.45, 7) is 0.142. The predicted octanol–water partition coefficient (Wildman–Crippen LogP) is 3.27. The highest BCUT2D eigenvalue weighted by Gasteiger charge is 2.41. The molecule has 0 aliphatic carbocycles. The lowest BCUT2D eigenvalue weighted by atomic mass is 10.1. The van der Waals surface area contributed by atoms with Gasteiger partial charge >= 0.3 is 5.97 Å². The zero-order chi connectivity index (χ0) is 22.1. The summed E-state index contributed by atoms with van der Waals surface area (Å²) in [6, 6.07) is 4.34. The lowest BCUT2D eigenvalue weighted by Gasteiger charge is -2.24. The SMILES string of the molecule is O=C(O)[C@H](Cc1ccc(F)cc1)NC(=O)[C@@H]1CCCN1S(=O)(=O)c1cc(Br)c(Cl)s1. The fourth-order valence-electron chi connectivity index (χ4n) is 3.18. The molecule has 1 aromatic carbocycles. The largest absolute Gasteiger partial charge is 0.480 e. The Bertz CT molecular complexity index is 1040. The number of carboxylic acid groups (broad SMARTS) is 1. The first kappa shape index (κ1) is 23.1. The predicted molar refractivity (Wildman–Crippen MR) is 114 cm³/mol. The molecule has 1 aliphatic rings. The van der Waals surface area contributed by atoms with Crippen LogP contribution < -0.4 is 5.32 Å². The molecular weight excluding hydrogens is 523 g/mol. The molecule has 0 radical (unpaired) electrons. The first-order valence-electron chi connectivity index (χ1n) is 8.84. The van der Waals surface area contributed by atoms with Crippen LogP contribution in [0.3, 0.4) is 0 Å². The topological polar surface area (TPSA) is 104 Å². The number of hydrogen-bond acceptors (Lipinski definition) is 5. The molecule has 0 spiro atoms. The molecule has 1 aliphatic heterocycles. The Labute approximate surface area is 190 Å². The molecule has 1 saturated heterocycles. The number of halogens is 3. The lowest BCUT2D eigenvalue weighted by molar-refractivity contribution is -0.142. The molecule has 12 heteroatoms. The second-order valence-electron chi connectivity index (χ2n) is 6.69. The second kappa shape index (κ2) is 9.31. The van der Waals surface area contributed by atoms with Gasteiger partial charge in [-0.15, -0.1) is 11.3 Å². The molecule has 0 bridgehead atoms. The van der Waals surface area contributed by atoms with Crippen molar-refractivity contribution in [2.75, 3.05) is 6.54 Å². The fourth-order valence-corrected chi connectivity index (χ4v) is 7.27. The highest BCUT2D eigenvalue weighted by molar-refractivity contribution is 9.10. The summed E-state index contributed by atoms with van der Waals surface area (Å²) >= 11 is 10.0. The fraction of sp³-hybridized carbons (Fsp3) is 0.333. The number of amides is 1. The first-order valence-corrected chi connectivity index (χ1v) is 12.3. The zero-order valence-corrected chi connectivity index (χ0v) is 19.3. The van der Waals surface area contributed by atoms with E-state index in [-0.39, 0.29) is 27.9 Å². The van der Waals surface area contributed by atoms with E-state index >= 15 is 0 Å². The first-order chi connectivity index (χ1) is 14.1. The van der Waals surface area contributed by atoms with E-state index in [1.54, 1.807) is 0 Å². The average molecular weight is 540 g/mol. The number of sulfonamides is 1. The number of thiophene rings is 1. The third-order valence-corrected chi connectivity index (χ3v) is 9.49. The van der Waals surface area contributed by atoms with Crippen molar-refractivity contribution in [3.63, 3.8) is 0 Å². The van der Waals surface area contributed by atoms with Crippen molar-refractivity contribution >= 4 is 60.8 Å². The van der Waals surface area contributed by atoms with E-state index < -0.39 is 39.8 Å². The minimum absolute atomic E-state index is 0.000159. The standard InChI is InChI=1S/C18H17BrClFN2O5S2/c19-12-9-15(29-16(12)20)30(27,28)23-7-1-2-14(23)17(24)22-13(18(25)26)8-10-3-5-11(21)6-4-10/h3-6,9,13-14H,1-2,7-8H2,(H,22,24)(H,25,26)/t13-,14-/m0/s1. The summed E-state index contributed by atoms with van der Waals surface area (Å²) in [4.78, 5) is 24.4. The van der Waals surface area contributed by atoms with Gasteiger partial charge in [0, 0.05) is 17.4 Å². The normalized spacial score (nSPS) is 18.3. The van der Waals surface area contributed by atoms with E-state index in [0.717, 1.165) is 15.6 Å². The van der Waals surface area contributed by atoms with Gasteiger partial charge in [-0.2, -0.15) is 4.31 Å². The second-order valence-corrected chi connectivity index (χ2v) is 11.3. The number of carbonyl (C=O) groups excluding carboxylic acids is 1. The van der Waals surface area contributed by atoms with Crippen LogP contribution in [-0.4, -0.2) is 48.3 Å². The van der Waals surface area contributed by atoms with Crippen molar-refractivity contribution in [1.29, 1.82) is 0 Å². The van der Waals surface area contributed by atoms with Crippen molar-refractivity contribution in [3.05, 3.63) is 50.5 Å². The summed E-state index contributed by atoms with van der Waals surface area (Å²) in [5.41, 5.74) is 0.526. The highest BCUT2D eigenvalue weighted by atomic mass is 79.9. The number of rotatable bonds is 7. The van der Waals surface area contributed by atoms with Gasteiger partial charge in [0.05, 0.1) is 0 Å². The van der Waals surface area contributed by atoms with Gasteiger partial charge in [0.15, 0.2) is 0 Å². The molecule has 162 valence electrons. The number of nitrogens with one attached hydrogen (secondary N) is 1. The van der Waals surface area contributed by atoms with Crippen LogP contribution in [-0.2, 0) is 26.0 Å². The van der Waals surface area contributed by atoms with Crippen LogP contribution in [0.1, 0.15) is 18.4 Å². The molecule has 2 aromatic rings. The van der Waals surface area contributed by atoms with Gasteiger partial charge in [0.1, 0.15) is 26.4 Å². The Morgan fingerprint density at radius 3 is 2.60 bits per heavy atom. The summed E-state index contributed by atoms with van der Waals surface area (Å²) < 4.78 is 40.8. The van der Waals surface area contributed by atoms with Crippen LogP contribution in [0.25, 0.3) is 0 Å². The molecule has 1 fully saturated rings. The van der Waals surface area contributed by atoms with Crippen LogP contribution in [0.5, 0.6) is 0 Å². The third kappa shape index (κ3) is 5.02. The maximum atomic E-state index is 13.1. The van der Waals surface area contributed by atoms with E-state index in [1.807, 2.05) is 0 Å². The lowest BCUT2D eigenvalue weighted by Crippen LogP contribution is -2.51. The summed E-state index contributed by atoms with van der Waals surface area (Å²) in [7, 11) is -3.97. The quantitative estimate of drug-likeness (QED) is 0.562. The number of benzene rings is 1. The molecule has 2 atom stereocenters. The van der Waals surface area contributed by atoms with E-state index in [0.29, 0.717) is 16.5 Å². The summed E-state index contributed by atoms with van der Waals surface area (Å²) in [5.74, 6) is -2.41. The molecule has 1 aromatic heterocycles. The van der Waals surface area contributed by atoms with Crippen LogP contribution in [0, 0.1) is 5.82 Å². The van der Waals surface area contributed by atoms with Crippen molar-refractivity contribution in [1.82, 2.24) is 9.62 Å². The molecule has 7 nitrogen and oxygen atoms in total. The Hall–Kier alpha value is -1.53. The minimum Gasteiger partial charge on any atom is -0.480 e. The summed E-state index contributed by atoms with van der Waals surface area (Å²) in [5, 5.41) is 11.9. The van der Waals surface area contributed by atoms with E-state index in [9.17, 15) is 27.5 Å². The van der Waals surface area contributed by atoms with Gasteiger partial charge in [-0.25, -0.2) is 17.6 Å². The number of carboxylic acids is 1. The Balaban J connectivity index is 1.76. The van der Waals surface area contributed by atoms with Gasteiger partial charge in [-0.1, -0.05) is 23.7 Å². The monoisotopic (exact) mass is 538 g/mol. The molecule has 3 rings (SSSR count). The molecule has 0 unspecified atom stereocenters. The van der Waals surface area contributed by atoms with Crippen molar-refractivity contribution in [2.45, 2.75) is 35.6 Å². The Morgan fingerprint density at radius 1 is 1.37 bits per heavy atom. The third-order valence-electron chi connectivity index (χ3n) is 4.66. The van der Waals surface area contributed by atoms with Crippen molar-refractivity contribution in [2.24, 2.45) is 0 Å². The van der Waals surface area contributed by atoms with Crippen LogP contribution in [0.4, 0.5) is 4.39 Å². The number of aliphatic carboxylic acids is 1. The molecule has 30 heavy (non-hydrogen) atoms. The van der Waals surface area contributed by atoms with Crippen molar-refractivity contribution in [3.8, 4) is 0 Å².